The van der Waals surface area contributed by atoms with E-state index in [0.717, 1.165) is 10.7 Å². The van der Waals surface area contributed by atoms with Crippen molar-refractivity contribution in [3.63, 3.8) is 0 Å². The third-order valence-corrected chi connectivity index (χ3v) is 3.38. The molecule has 0 bridgehead atoms. The number of anilines is 1. The van der Waals surface area contributed by atoms with E-state index < -0.39 is 0 Å². The van der Waals surface area contributed by atoms with Crippen LogP contribution in [0.1, 0.15) is 10.7 Å². The number of hydrogen-bond donors (Lipinski definition) is 1. The number of rotatable bonds is 4. The number of aryl methyl sites for hydroxylation is 1. The van der Waals surface area contributed by atoms with Crippen LogP contribution in [0.15, 0.2) is 38.8 Å². The second kappa shape index (κ2) is 5.30. The lowest BCUT2D eigenvalue weighted by atomic mass is 10.3. The van der Waals surface area contributed by atoms with Crippen molar-refractivity contribution in [2.45, 2.75) is 13.3 Å². The monoisotopic (exact) mass is 289 g/mol. The van der Waals surface area contributed by atoms with Gasteiger partial charge in [-0.3, -0.25) is 10.1 Å². The molecule has 0 aliphatic carbocycles. The van der Waals surface area contributed by atoms with Crippen molar-refractivity contribution in [1.29, 1.82) is 0 Å². The number of carbonyl (C=O) groups excluding carboxylic acids is 1. The lowest BCUT2D eigenvalue weighted by Crippen LogP contribution is -2.14. The average Bonchev–Trinajstić information content (AvgIpc) is 3.10. The van der Waals surface area contributed by atoms with Crippen LogP contribution < -0.4 is 5.32 Å². The number of amides is 1. The third-order valence-electron chi connectivity index (χ3n) is 2.55. The molecule has 0 saturated heterocycles. The van der Waals surface area contributed by atoms with Gasteiger partial charge in [-0.15, -0.1) is 11.3 Å². The van der Waals surface area contributed by atoms with Crippen LogP contribution in [0.25, 0.3) is 11.5 Å². The summed E-state index contributed by atoms with van der Waals surface area (Å²) in [5.41, 5.74) is 1.28. The van der Waals surface area contributed by atoms with Gasteiger partial charge in [0.1, 0.15) is 0 Å². The number of nitrogens with one attached hydrogen (secondary N) is 1. The first-order valence-corrected chi connectivity index (χ1v) is 6.80. The fourth-order valence-electron chi connectivity index (χ4n) is 1.71. The Balaban J connectivity index is 1.64. The van der Waals surface area contributed by atoms with Crippen LogP contribution in [0.5, 0.6) is 0 Å². The van der Waals surface area contributed by atoms with Gasteiger partial charge in [-0.25, -0.2) is 4.98 Å². The Morgan fingerprint density at radius 3 is 3.10 bits per heavy atom. The first-order valence-electron chi connectivity index (χ1n) is 5.92. The van der Waals surface area contributed by atoms with Gasteiger partial charge in [0.15, 0.2) is 11.5 Å². The maximum absolute atomic E-state index is 11.8. The normalized spacial score (nSPS) is 10.7. The van der Waals surface area contributed by atoms with E-state index >= 15 is 0 Å². The molecular formula is C13H11N3O3S. The van der Waals surface area contributed by atoms with Crippen molar-refractivity contribution in [3.8, 4) is 11.5 Å². The highest BCUT2D eigenvalue weighted by Crippen LogP contribution is 2.22. The molecule has 6 nitrogen and oxygen atoms in total. The Morgan fingerprint density at radius 2 is 2.40 bits per heavy atom. The average molecular weight is 289 g/mol. The van der Waals surface area contributed by atoms with E-state index in [4.69, 9.17) is 8.94 Å². The van der Waals surface area contributed by atoms with Crippen molar-refractivity contribution in [3.05, 3.63) is 40.5 Å². The molecule has 0 spiro atoms. The summed E-state index contributed by atoms with van der Waals surface area (Å²) in [6, 6.07) is 5.14. The zero-order valence-corrected chi connectivity index (χ0v) is 11.4. The molecule has 7 heteroatoms. The maximum Gasteiger partial charge on any atom is 0.232 e. The van der Waals surface area contributed by atoms with Crippen LogP contribution in [0.3, 0.4) is 0 Å². The van der Waals surface area contributed by atoms with E-state index in [1.807, 2.05) is 12.3 Å². The van der Waals surface area contributed by atoms with Gasteiger partial charge in [0.25, 0.3) is 0 Å². The van der Waals surface area contributed by atoms with Crippen LogP contribution in [0, 0.1) is 6.92 Å². The van der Waals surface area contributed by atoms with E-state index in [1.165, 1.54) is 11.3 Å². The van der Waals surface area contributed by atoms with Gasteiger partial charge in [-0.2, -0.15) is 0 Å². The molecule has 102 valence electrons. The minimum atomic E-state index is -0.197. The van der Waals surface area contributed by atoms with Crippen molar-refractivity contribution in [2.75, 3.05) is 5.32 Å². The second-order valence-corrected chi connectivity index (χ2v) is 5.20. The van der Waals surface area contributed by atoms with Crippen molar-refractivity contribution in [2.24, 2.45) is 0 Å². The summed E-state index contributed by atoms with van der Waals surface area (Å²) in [5.74, 6) is 0.676. The van der Waals surface area contributed by atoms with Gasteiger partial charge in [0, 0.05) is 11.4 Å². The van der Waals surface area contributed by atoms with Crippen LogP contribution in [-0.4, -0.2) is 16.0 Å². The highest BCUT2D eigenvalue weighted by molar-refractivity contribution is 7.09. The lowest BCUT2D eigenvalue weighted by Gasteiger charge is -1.97. The number of aromatic nitrogens is 2. The first kappa shape index (κ1) is 12.6. The summed E-state index contributed by atoms with van der Waals surface area (Å²) < 4.78 is 10.2. The van der Waals surface area contributed by atoms with E-state index in [2.05, 4.69) is 15.5 Å². The number of carbonyl (C=O) groups is 1. The van der Waals surface area contributed by atoms with E-state index in [-0.39, 0.29) is 18.2 Å². The van der Waals surface area contributed by atoms with Gasteiger partial charge >= 0.3 is 0 Å². The minimum absolute atomic E-state index is 0.197. The van der Waals surface area contributed by atoms with Crippen molar-refractivity contribution < 1.29 is 13.7 Å². The Hall–Kier alpha value is -2.41. The predicted molar refractivity (Wildman–Crippen MR) is 73.4 cm³/mol. The van der Waals surface area contributed by atoms with Gasteiger partial charge in [0.05, 0.1) is 23.4 Å². The number of thiazole rings is 1. The Labute approximate surface area is 118 Å². The summed E-state index contributed by atoms with van der Waals surface area (Å²) in [5, 5.41) is 9.26. The van der Waals surface area contributed by atoms with Gasteiger partial charge < -0.3 is 8.94 Å². The van der Waals surface area contributed by atoms with Crippen LogP contribution in [0.4, 0.5) is 5.88 Å². The predicted octanol–water partition coefficient (Wildman–Crippen LogP) is 2.88. The minimum Gasteiger partial charge on any atom is -0.463 e. The molecule has 3 heterocycles. The molecule has 0 aromatic carbocycles. The second-order valence-electron chi connectivity index (χ2n) is 4.14. The molecule has 3 aromatic rings. The Kier molecular flexibility index (Phi) is 3.34. The molecular weight excluding hydrogens is 278 g/mol. The maximum atomic E-state index is 11.8. The highest BCUT2D eigenvalue weighted by atomic mass is 32.1. The van der Waals surface area contributed by atoms with Crippen LogP contribution >= 0.6 is 11.3 Å². The number of hydrogen-bond acceptors (Lipinski definition) is 6. The Morgan fingerprint density at radius 1 is 1.50 bits per heavy atom. The molecule has 3 aromatic heterocycles. The van der Waals surface area contributed by atoms with Crippen molar-refractivity contribution in [1.82, 2.24) is 10.1 Å². The Bertz CT molecular complexity index is 715. The van der Waals surface area contributed by atoms with Gasteiger partial charge in [-0.05, 0) is 19.1 Å². The third kappa shape index (κ3) is 2.77. The van der Waals surface area contributed by atoms with Crippen LogP contribution in [0.2, 0.25) is 0 Å². The smallest absolute Gasteiger partial charge is 0.232 e. The molecule has 0 aliphatic rings. The zero-order chi connectivity index (χ0) is 13.9. The quantitative estimate of drug-likeness (QED) is 0.798. The molecule has 0 fully saturated rings. The summed E-state index contributed by atoms with van der Waals surface area (Å²) in [6.07, 6.45) is 1.76. The summed E-state index contributed by atoms with van der Waals surface area (Å²) in [6.45, 7) is 1.90. The highest BCUT2D eigenvalue weighted by Gasteiger charge is 2.12. The van der Waals surface area contributed by atoms with E-state index in [1.54, 1.807) is 24.5 Å². The number of nitrogens with zero attached hydrogens (tertiary/aromatic N) is 2. The molecule has 1 N–H and O–H groups in total. The topological polar surface area (TPSA) is 81.2 Å². The fourth-order valence-corrected chi connectivity index (χ4v) is 2.32. The molecule has 20 heavy (non-hydrogen) atoms. The zero-order valence-electron chi connectivity index (χ0n) is 10.6. The molecule has 0 radical (unpaired) electrons. The first-order chi connectivity index (χ1) is 9.70. The SMILES string of the molecule is Cc1nc(CC(=O)Nc2cc(-c3ccco3)no2)cs1. The van der Waals surface area contributed by atoms with Gasteiger partial charge in [0.2, 0.25) is 11.8 Å². The molecule has 0 atom stereocenters. The fraction of sp³-hybridized carbons (Fsp3) is 0.154. The molecule has 0 aliphatic heterocycles. The summed E-state index contributed by atoms with van der Waals surface area (Å²) in [7, 11) is 0. The lowest BCUT2D eigenvalue weighted by molar-refractivity contribution is -0.115. The summed E-state index contributed by atoms with van der Waals surface area (Å²) in [4.78, 5) is 16.1. The molecule has 1 amide bonds. The van der Waals surface area contributed by atoms with E-state index in [0.29, 0.717) is 11.5 Å². The van der Waals surface area contributed by atoms with E-state index in [9.17, 15) is 4.79 Å². The largest absolute Gasteiger partial charge is 0.463 e. The van der Waals surface area contributed by atoms with Gasteiger partial charge in [-0.1, -0.05) is 5.16 Å². The molecule has 3 rings (SSSR count). The van der Waals surface area contributed by atoms with Crippen LogP contribution in [-0.2, 0) is 11.2 Å². The molecule has 0 unspecified atom stereocenters. The standard InChI is InChI=1S/C13H11N3O3S/c1-8-14-9(7-20-8)5-12(17)15-13-6-10(16-19-13)11-3-2-4-18-11/h2-4,6-7H,5H2,1H3,(H,15,17). The number of furan rings is 1. The van der Waals surface area contributed by atoms with Crippen molar-refractivity contribution >= 4 is 23.1 Å². The molecule has 0 saturated carbocycles. The summed E-state index contributed by atoms with van der Waals surface area (Å²) >= 11 is 1.52.